The summed E-state index contributed by atoms with van der Waals surface area (Å²) in [7, 11) is 0. The van der Waals surface area contributed by atoms with Crippen LogP contribution in [0.2, 0.25) is 5.02 Å². The van der Waals surface area contributed by atoms with Crippen LogP contribution in [0.1, 0.15) is 24.0 Å². The van der Waals surface area contributed by atoms with E-state index in [2.05, 4.69) is 17.9 Å². The zero-order valence-corrected chi connectivity index (χ0v) is 11.2. The molecule has 1 fully saturated rings. The molecule has 3 heteroatoms. The van der Waals surface area contributed by atoms with Crippen LogP contribution in [0.3, 0.4) is 0 Å². The number of piperidine rings is 1. The smallest absolute Gasteiger partial charge is 0.0408 e. The van der Waals surface area contributed by atoms with Crippen LogP contribution >= 0.6 is 11.6 Å². The van der Waals surface area contributed by atoms with Gasteiger partial charge in [-0.2, -0.15) is 0 Å². The Bertz CT molecular complexity index is 378. The first-order chi connectivity index (χ1) is 8.19. The molecule has 0 aliphatic carbocycles. The van der Waals surface area contributed by atoms with Gasteiger partial charge in [-0.3, -0.25) is 4.90 Å². The highest BCUT2D eigenvalue weighted by molar-refractivity contribution is 6.30. The van der Waals surface area contributed by atoms with E-state index < -0.39 is 0 Å². The lowest BCUT2D eigenvalue weighted by Crippen LogP contribution is -2.37. The van der Waals surface area contributed by atoms with Gasteiger partial charge in [-0.1, -0.05) is 17.7 Å². The summed E-state index contributed by atoms with van der Waals surface area (Å²) < 4.78 is 0. The summed E-state index contributed by atoms with van der Waals surface area (Å²) in [4.78, 5) is 2.51. The largest absolute Gasteiger partial charge is 0.330 e. The normalized spacial score (nSPS) is 21.7. The molecule has 1 aromatic rings. The number of hydrogen-bond acceptors (Lipinski definition) is 2. The second-order valence-corrected chi connectivity index (χ2v) is 5.49. The summed E-state index contributed by atoms with van der Waals surface area (Å²) in [6.45, 7) is 6.30. The van der Waals surface area contributed by atoms with Crippen molar-refractivity contribution < 1.29 is 0 Å². The first kappa shape index (κ1) is 12.9. The molecule has 1 saturated heterocycles. The zero-order chi connectivity index (χ0) is 12.3. The van der Waals surface area contributed by atoms with E-state index in [4.69, 9.17) is 17.3 Å². The maximum absolute atomic E-state index is 5.98. The lowest BCUT2D eigenvalue weighted by molar-refractivity contribution is 0.171. The first-order valence-corrected chi connectivity index (χ1v) is 6.74. The van der Waals surface area contributed by atoms with E-state index in [-0.39, 0.29) is 0 Å². The van der Waals surface area contributed by atoms with Gasteiger partial charge in [0.25, 0.3) is 0 Å². The van der Waals surface area contributed by atoms with Crippen LogP contribution in [0, 0.1) is 12.8 Å². The summed E-state index contributed by atoms with van der Waals surface area (Å²) in [6, 6.07) is 6.17. The zero-order valence-electron chi connectivity index (χ0n) is 10.5. The number of rotatable bonds is 3. The van der Waals surface area contributed by atoms with Crippen LogP contribution in [0.15, 0.2) is 18.2 Å². The van der Waals surface area contributed by atoms with Crippen LogP contribution in [-0.2, 0) is 6.54 Å². The molecule has 0 amide bonds. The van der Waals surface area contributed by atoms with Gasteiger partial charge in [-0.15, -0.1) is 0 Å². The fourth-order valence-electron chi connectivity index (χ4n) is 2.56. The van der Waals surface area contributed by atoms with Crippen LogP contribution in [0.25, 0.3) is 0 Å². The number of hydrogen-bond donors (Lipinski definition) is 1. The Morgan fingerprint density at radius 1 is 1.47 bits per heavy atom. The molecule has 2 nitrogen and oxygen atoms in total. The number of likely N-dealkylation sites (tertiary alicyclic amines) is 1. The fourth-order valence-corrected chi connectivity index (χ4v) is 2.79. The molecular weight excluding hydrogens is 232 g/mol. The highest BCUT2D eigenvalue weighted by Crippen LogP contribution is 2.21. The molecule has 0 aromatic heterocycles. The van der Waals surface area contributed by atoms with Gasteiger partial charge in [0.1, 0.15) is 0 Å². The summed E-state index contributed by atoms with van der Waals surface area (Å²) in [5.41, 5.74) is 8.43. The highest BCUT2D eigenvalue weighted by Gasteiger charge is 2.18. The van der Waals surface area contributed by atoms with Crippen LogP contribution in [-0.4, -0.2) is 24.5 Å². The molecule has 1 atom stereocenters. The van der Waals surface area contributed by atoms with Crippen molar-refractivity contribution >= 4 is 11.6 Å². The second kappa shape index (κ2) is 5.85. The van der Waals surface area contributed by atoms with Crippen molar-refractivity contribution in [2.75, 3.05) is 19.6 Å². The van der Waals surface area contributed by atoms with E-state index >= 15 is 0 Å². The third-order valence-electron chi connectivity index (χ3n) is 3.64. The van der Waals surface area contributed by atoms with Crippen molar-refractivity contribution in [2.45, 2.75) is 26.3 Å². The average molecular weight is 253 g/mol. The van der Waals surface area contributed by atoms with Gasteiger partial charge >= 0.3 is 0 Å². The molecule has 2 N–H and O–H groups in total. The molecule has 0 bridgehead atoms. The number of benzene rings is 1. The molecule has 1 aromatic carbocycles. The molecule has 1 heterocycles. The Labute approximate surface area is 109 Å². The molecule has 1 aliphatic heterocycles. The van der Waals surface area contributed by atoms with Crippen LogP contribution < -0.4 is 5.73 Å². The minimum absolute atomic E-state index is 0.677. The SMILES string of the molecule is Cc1cc(Cl)ccc1CN1CCCC(CN)C1. The van der Waals surface area contributed by atoms with E-state index in [1.54, 1.807) is 0 Å². The predicted octanol–water partition coefficient (Wildman–Crippen LogP) is 2.82. The first-order valence-electron chi connectivity index (χ1n) is 6.36. The Balaban J connectivity index is 2.00. The van der Waals surface area contributed by atoms with Crippen LogP contribution in [0.5, 0.6) is 0 Å². The molecule has 0 radical (unpaired) electrons. The number of halogens is 1. The molecule has 1 unspecified atom stereocenters. The molecule has 1 aliphatic rings. The van der Waals surface area contributed by atoms with Crippen molar-refractivity contribution in [3.05, 3.63) is 34.3 Å². The highest BCUT2D eigenvalue weighted by atomic mass is 35.5. The maximum Gasteiger partial charge on any atom is 0.0408 e. The quantitative estimate of drug-likeness (QED) is 0.897. The van der Waals surface area contributed by atoms with Gasteiger partial charge in [-0.25, -0.2) is 0 Å². The van der Waals surface area contributed by atoms with Crippen molar-refractivity contribution in [1.82, 2.24) is 4.90 Å². The summed E-state index contributed by atoms with van der Waals surface area (Å²) in [5.74, 6) is 0.677. The van der Waals surface area contributed by atoms with Crippen molar-refractivity contribution in [1.29, 1.82) is 0 Å². The fraction of sp³-hybridized carbons (Fsp3) is 0.571. The van der Waals surface area contributed by atoms with E-state index in [1.165, 1.54) is 30.5 Å². The van der Waals surface area contributed by atoms with E-state index in [1.807, 2.05) is 12.1 Å². The van der Waals surface area contributed by atoms with Gasteiger partial charge in [0.05, 0.1) is 0 Å². The summed E-state index contributed by atoms with van der Waals surface area (Å²) >= 11 is 5.98. The minimum atomic E-state index is 0.677. The Morgan fingerprint density at radius 3 is 3.00 bits per heavy atom. The van der Waals surface area contributed by atoms with Crippen LogP contribution in [0.4, 0.5) is 0 Å². The summed E-state index contributed by atoms with van der Waals surface area (Å²) in [5, 5.41) is 0.824. The monoisotopic (exact) mass is 252 g/mol. The van der Waals surface area contributed by atoms with Gasteiger partial charge < -0.3 is 5.73 Å². The maximum atomic E-state index is 5.98. The molecule has 0 spiro atoms. The lowest BCUT2D eigenvalue weighted by atomic mass is 9.97. The molecule has 17 heavy (non-hydrogen) atoms. The number of nitrogens with two attached hydrogens (primary N) is 1. The molecular formula is C14H21ClN2. The number of nitrogens with zero attached hydrogens (tertiary/aromatic N) is 1. The minimum Gasteiger partial charge on any atom is -0.330 e. The Hall–Kier alpha value is -0.570. The average Bonchev–Trinajstić information content (AvgIpc) is 2.33. The van der Waals surface area contributed by atoms with E-state index in [9.17, 15) is 0 Å². The van der Waals surface area contributed by atoms with Crippen molar-refractivity contribution in [3.63, 3.8) is 0 Å². The molecule has 94 valence electrons. The van der Waals surface area contributed by atoms with Gasteiger partial charge in [0.15, 0.2) is 0 Å². The van der Waals surface area contributed by atoms with E-state index in [0.29, 0.717) is 5.92 Å². The van der Waals surface area contributed by atoms with Crippen molar-refractivity contribution in [3.8, 4) is 0 Å². The van der Waals surface area contributed by atoms with E-state index in [0.717, 1.165) is 24.7 Å². The Morgan fingerprint density at radius 2 is 2.29 bits per heavy atom. The predicted molar refractivity (Wildman–Crippen MR) is 73.2 cm³/mol. The molecule has 0 saturated carbocycles. The second-order valence-electron chi connectivity index (χ2n) is 5.05. The molecule has 2 rings (SSSR count). The van der Waals surface area contributed by atoms with Gasteiger partial charge in [0, 0.05) is 18.1 Å². The topological polar surface area (TPSA) is 29.3 Å². The van der Waals surface area contributed by atoms with Gasteiger partial charge in [-0.05, 0) is 62.0 Å². The summed E-state index contributed by atoms with van der Waals surface area (Å²) in [6.07, 6.45) is 2.56. The Kier molecular flexibility index (Phi) is 4.43. The number of aryl methyl sites for hydroxylation is 1. The van der Waals surface area contributed by atoms with Crippen molar-refractivity contribution in [2.24, 2.45) is 11.7 Å². The third kappa shape index (κ3) is 3.44. The lowest BCUT2D eigenvalue weighted by Gasteiger charge is -2.32. The third-order valence-corrected chi connectivity index (χ3v) is 3.87. The van der Waals surface area contributed by atoms with Gasteiger partial charge in [0.2, 0.25) is 0 Å². The standard InChI is InChI=1S/C14H21ClN2/c1-11-7-14(15)5-4-13(11)10-17-6-2-3-12(8-16)9-17/h4-5,7,12H,2-3,6,8-10,16H2,1H3.